The van der Waals surface area contributed by atoms with Crippen molar-refractivity contribution in [2.75, 3.05) is 0 Å². The van der Waals surface area contributed by atoms with Gasteiger partial charge in [-0.2, -0.15) is 0 Å². The number of carbonyl (C=O) groups is 2. The molecular formula is C17H20N2O3S. The number of hydrogen-bond acceptors (Lipinski definition) is 4. The topological polar surface area (TPSA) is 79.3 Å². The third-order valence-electron chi connectivity index (χ3n) is 3.43. The second kappa shape index (κ2) is 7.87. The summed E-state index contributed by atoms with van der Waals surface area (Å²) in [4.78, 5) is 28.4. The number of aromatic nitrogens is 1. The maximum absolute atomic E-state index is 12.3. The number of carboxylic acid groups (broad SMARTS) is 1. The van der Waals surface area contributed by atoms with E-state index >= 15 is 0 Å². The summed E-state index contributed by atoms with van der Waals surface area (Å²) in [5.41, 5.74) is 1.77. The second-order valence-electron chi connectivity index (χ2n) is 5.34. The largest absolute Gasteiger partial charge is 0.480 e. The Labute approximate surface area is 139 Å². The summed E-state index contributed by atoms with van der Waals surface area (Å²) < 4.78 is 0. The Morgan fingerprint density at radius 3 is 2.61 bits per heavy atom. The smallest absolute Gasteiger partial charge is 0.326 e. The average Bonchev–Trinajstić information content (AvgIpc) is 2.88. The van der Waals surface area contributed by atoms with Crippen molar-refractivity contribution >= 4 is 23.2 Å². The minimum absolute atomic E-state index is 0.361. The van der Waals surface area contributed by atoms with Crippen LogP contribution >= 0.6 is 11.3 Å². The molecule has 122 valence electrons. The van der Waals surface area contributed by atoms with Crippen molar-refractivity contribution in [3.63, 3.8) is 0 Å². The molecule has 1 unspecified atom stereocenters. The second-order valence-corrected chi connectivity index (χ2v) is 6.42. The van der Waals surface area contributed by atoms with Crippen LogP contribution in [-0.4, -0.2) is 28.0 Å². The van der Waals surface area contributed by atoms with Gasteiger partial charge >= 0.3 is 5.97 Å². The predicted octanol–water partition coefficient (Wildman–Crippen LogP) is 3.03. The van der Waals surface area contributed by atoms with E-state index in [0.717, 1.165) is 10.6 Å². The first-order valence-electron chi connectivity index (χ1n) is 7.55. The first kappa shape index (κ1) is 17.1. The zero-order valence-electron chi connectivity index (χ0n) is 13.2. The number of carbonyl (C=O) groups excluding carboxylic acids is 1. The highest BCUT2D eigenvalue weighted by Gasteiger charge is 2.22. The molecule has 2 rings (SSSR count). The van der Waals surface area contributed by atoms with Crippen LogP contribution in [0.2, 0.25) is 0 Å². The summed E-state index contributed by atoms with van der Waals surface area (Å²) in [5, 5.41) is 12.6. The van der Waals surface area contributed by atoms with Gasteiger partial charge in [-0.25, -0.2) is 9.78 Å². The lowest BCUT2D eigenvalue weighted by Crippen LogP contribution is -2.40. The summed E-state index contributed by atoms with van der Waals surface area (Å²) in [6, 6.07) is 9.05. The van der Waals surface area contributed by atoms with E-state index in [1.54, 1.807) is 6.92 Å². The van der Waals surface area contributed by atoms with Gasteiger partial charge in [0.1, 0.15) is 10.9 Å². The minimum atomic E-state index is -1.01. The first-order valence-corrected chi connectivity index (χ1v) is 8.36. The van der Waals surface area contributed by atoms with Crippen LogP contribution in [-0.2, 0) is 11.2 Å². The quantitative estimate of drug-likeness (QED) is 0.817. The van der Waals surface area contributed by atoms with Crippen molar-refractivity contribution in [2.24, 2.45) is 0 Å². The molecule has 1 heterocycles. The number of aryl methyl sites for hydroxylation is 1. The number of rotatable bonds is 7. The molecule has 0 saturated heterocycles. The van der Waals surface area contributed by atoms with Crippen molar-refractivity contribution < 1.29 is 14.7 Å². The maximum Gasteiger partial charge on any atom is 0.326 e. The van der Waals surface area contributed by atoms with Gasteiger partial charge in [0.05, 0.1) is 10.7 Å². The first-order chi connectivity index (χ1) is 11.0. The summed E-state index contributed by atoms with van der Waals surface area (Å²) in [7, 11) is 0. The molecule has 0 saturated carbocycles. The Morgan fingerprint density at radius 2 is 2.00 bits per heavy atom. The Balaban J connectivity index is 2.10. The number of thiazole rings is 1. The molecule has 2 N–H and O–H groups in total. The monoisotopic (exact) mass is 332 g/mol. The van der Waals surface area contributed by atoms with Crippen LogP contribution < -0.4 is 5.32 Å². The fraction of sp³-hybridized carbons (Fsp3) is 0.353. The average molecular weight is 332 g/mol. The highest BCUT2D eigenvalue weighted by atomic mass is 32.1. The molecule has 0 fully saturated rings. The van der Waals surface area contributed by atoms with Gasteiger partial charge in [-0.1, -0.05) is 43.7 Å². The number of benzene rings is 1. The SMILES string of the molecule is CCCC(NC(=O)c1sc(Cc2ccccc2)nc1C)C(=O)O. The molecule has 0 radical (unpaired) electrons. The third-order valence-corrected chi connectivity index (χ3v) is 4.58. The molecule has 23 heavy (non-hydrogen) atoms. The number of carboxylic acids is 1. The lowest BCUT2D eigenvalue weighted by molar-refractivity contribution is -0.139. The van der Waals surface area contributed by atoms with Gasteiger partial charge in [0.15, 0.2) is 0 Å². The van der Waals surface area contributed by atoms with Crippen molar-refractivity contribution in [1.29, 1.82) is 0 Å². The van der Waals surface area contributed by atoms with E-state index in [1.165, 1.54) is 11.3 Å². The van der Waals surface area contributed by atoms with Crippen molar-refractivity contribution in [3.05, 3.63) is 51.5 Å². The van der Waals surface area contributed by atoms with Gasteiger partial charge in [-0.15, -0.1) is 11.3 Å². The van der Waals surface area contributed by atoms with Crippen LogP contribution in [0.3, 0.4) is 0 Å². The van der Waals surface area contributed by atoms with E-state index < -0.39 is 12.0 Å². The number of nitrogens with one attached hydrogen (secondary N) is 1. The highest BCUT2D eigenvalue weighted by Crippen LogP contribution is 2.21. The molecule has 5 nitrogen and oxygen atoms in total. The van der Waals surface area contributed by atoms with Crippen molar-refractivity contribution in [2.45, 2.75) is 39.2 Å². The summed E-state index contributed by atoms with van der Waals surface area (Å²) in [6.07, 6.45) is 1.77. The van der Waals surface area contributed by atoms with Gasteiger partial charge in [0.25, 0.3) is 5.91 Å². The van der Waals surface area contributed by atoms with E-state index in [1.807, 2.05) is 37.3 Å². The van der Waals surface area contributed by atoms with Crippen LogP contribution in [0.15, 0.2) is 30.3 Å². The summed E-state index contributed by atoms with van der Waals surface area (Å²) in [5.74, 6) is -1.37. The summed E-state index contributed by atoms with van der Waals surface area (Å²) in [6.45, 7) is 3.66. The molecule has 0 aliphatic carbocycles. The highest BCUT2D eigenvalue weighted by molar-refractivity contribution is 7.13. The molecular weight excluding hydrogens is 312 g/mol. The van der Waals surface area contributed by atoms with E-state index in [2.05, 4.69) is 10.3 Å². The molecule has 6 heteroatoms. The Morgan fingerprint density at radius 1 is 1.30 bits per heavy atom. The third kappa shape index (κ3) is 4.63. The fourth-order valence-electron chi connectivity index (χ4n) is 2.28. The van der Waals surface area contributed by atoms with Gasteiger partial charge < -0.3 is 10.4 Å². The molecule has 2 aromatic rings. The van der Waals surface area contributed by atoms with Crippen LogP contribution in [0.4, 0.5) is 0 Å². The Bertz CT molecular complexity index is 682. The molecule has 1 aromatic heterocycles. The minimum Gasteiger partial charge on any atom is -0.480 e. The molecule has 1 atom stereocenters. The number of amides is 1. The molecule has 0 spiro atoms. The number of hydrogen-bond donors (Lipinski definition) is 2. The van der Waals surface area contributed by atoms with E-state index in [-0.39, 0.29) is 5.91 Å². The van der Waals surface area contributed by atoms with Crippen LogP contribution in [0, 0.1) is 6.92 Å². The van der Waals surface area contributed by atoms with Gasteiger partial charge in [0.2, 0.25) is 0 Å². The molecule has 1 amide bonds. The lowest BCUT2D eigenvalue weighted by atomic mass is 10.1. The Hall–Kier alpha value is -2.21. The zero-order chi connectivity index (χ0) is 16.8. The standard InChI is InChI=1S/C17H20N2O3S/c1-3-7-13(17(21)22)19-16(20)15-11(2)18-14(23-15)10-12-8-5-4-6-9-12/h4-6,8-9,13H,3,7,10H2,1-2H3,(H,19,20)(H,21,22). The number of nitrogens with zero attached hydrogens (tertiary/aromatic N) is 1. The van der Waals surface area contributed by atoms with Crippen molar-refractivity contribution in [3.8, 4) is 0 Å². The zero-order valence-corrected chi connectivity index (χ0v) is 14.0. The number of aliphatic carboxylic acids is 1. The predicted molar refractivity (Wildman–Crippen MR) is 89.9 cm³/mol. The normalized spacial score (nSPS) is 11.9. The van der Waals surface area contributed by atoms with Gasteiger partial charge in [-0.3, -0.25) is 4.79 Å². The van der Waals surface area contributed by atoms with E-state index in [4.69, 9.17) is 5.11 Å². The molecule has 0 aliphatic rings. The molecule has 1 aromatic carbocycles. The Kier molecular flexibility index (Phi) is 5.87. The van der Waals surface area contributed by atoms with E-state index in [9.17, 15) is 9.59 Å². The maximum atomic E-state index is 12.3. The lowest BCUT2D eigenvalue weighted by Gasteiger charge is -2.12. The van der Waals surface area contributed by atoms with Crippen LogP contribution in [0.5, 0.6) is 0 Å². The van der Waals surface area contributed by atoms with Gasteiger partial charge in [0, 0.05) is 6.42 Å². The van der Waals surface area contributed by atoms with Gasteiger partial charge in [-0.05, 0) is 18.9 Å². The van der Waals surface area contributed by atoms with Crippen molar-refractivity contribution in [1.82, 2.24) is 10.3 Å². The van der Waals surface area contributed by atoms with Crippen LogP contribution in [0.25, 0.3) is 0 Å². The van der Waals surface area contributed by atoms with Crippen LogP contribution in [0.1, 0.15) is 45.7 Å². The molecule has 0 aliphatic heterocycles. The summed E-state index contributed by atoms with van der Waals surface area (Å²) >= 11 is 1.32. The fourth-order valence-corrected chi connectivity index (χ4v) is 3.28. The van der Waals surface area contributed by atoms with E-state index in [0.29, 0.717) is 29.8 Å². The molecule has 0 bridgehead atoms.